The Balaban J connectivity index is 1.50. The van der Waals surface area contributed by atoms with Gasteiger partial charge in [-0.1, -0.05) is 12.1 Å². The molecule has 0 fully saturated rings. The summed E-state index contributed by atoms with van der Waals surface area (Å²) >= 11 is 0. The number of aromatic nitrogens is 3. The van der Waals surface area contributed by atoms with Crippen molar-refractivity contribution >= 4 is 34.2 Å². The van der Waals surface area contributed by atoms with Crippen molar-refractivity contribution in [2.45, 2.75) is 6.54 Å². The van der Waals surface area contributed by atoms with E-state index in [-0.39, 0.29) is 24.0 Å². The molecule has 32 heavy (non-hydrogen) atoms. The molecule has 0 aliphatic rings. The highest BCUT2D eigenvalue weighted by atomic mass is 16.5. The summed E-state index contributed by atoms with van der Waals surface area (Å²) < 4.78 is 8.29. The number of carbonyl (C=O) groups excluding carboxylic acids is 2. The topological polar surface area (TPSA) is 107 Å². The molecule has 0 aliphatic heterocycles. The van der Waals surface area contributed by atoms with Gasteiger partial charge in [-0.05, 0) is 36.4 Å². The van der Waals surface area contributed by atoms with Gasteiger partial charge in [-0.3, -0.25) is 23.7 Å². The van der Waals surface area contributed by atoms with E-state index in [4.69, 9.17) is 4.74 Å². The maximum atomic E-state index is 12.6. The summed E-state index contributed by atoms with van der Waals surface area (Å²) in [4.78, 5) is 41.5. The number of nitrogens with zero attached hydrogens (tertiary/aromatic N) is 3. The number of carbonyl (C=O) groups is 2. The van der Waals surface area contributed by atoms with Crippen molar-refractivity contribution in [2.75, 3.05) is 17.7 Å². The van der Waals surface area contributed by atoms with Crippen LogP contribution in [-0.4, -0.2) is 33.0 Å². The molecule has 162 valence electrons. The second-order valence-corrected chi connectivity index (χ2v) is 7.08. The Morgan fingerprint density at radius 2 is 1.81 bits per heavy atom. The predicted octanol–water partition coefficient (Wildman–Crippen LogP) is 2.63. The fraction of sp³-hybridized carbons (Fsp3) is 0.130. The highest BCUT2D eigenvalue weighted by Gasteiger charge is 2.15. The van der Waals surface area contributed by atoms with Gasteiger partial charge >= 0.3 is 5.69 Å². The molecule has 0 atom stereocenters. The number of methoxy groups -OCH3 is 1. The van der Waals surface area contributed by atoms with Crippen molar-refractivity contribution in [3.05, 3.63) is 83.0 Å². The Kier molecular flexibility index (Phi) is 5.71. The monoisotopic (exact) mass is 431 g/mol. The van der Waals surface area contributed by atoms with E-state index in [2.05, 4.69) is 15.6 Å². The molecule has 0 saturated carbocycles. The molecule has 9 nitrogen and oxygen atoms in total. The molecule has 4 aromatic rings. The minimum atomic E-state index is -0.363. The number of imidazole rings is 1. The number of fused-ring (bicyclic) bond motifs is 1. The number of hydrogen-bond acceptors (Lipinski definition) is 5. The normalized spacial score (nSPS) is 10.7. The van der Waals surface area contributed by atoms with E-state index >= 15 is 0 Å². The number of nitrogens with one attached hydrogen (secondary N) is 2. The third-order valence-corrected chi connectivity index (χ3v) is 5.01. The molecular weight excluding hydrogens is 410 g/mol. The molecule has 0 saturated heterocycles. The van der Waals surface area contributed by atoms with Gasteiger partial charge in [0.1, 0.15) is 12.3 Å². The first-order valence-electron chi connectivity index (χ1n) is 9.81. The van der Waals surface area contributed by atoms with Crippen molar-refractivity contribution in [3.8, 4) is 5.75 Å². The van der Waals surface area contributed by atoms with Crippen molar-refractivity contribution in [1.29, 1.82) is 0 Å². The average Bonchev–Trinajstić information content (AvgIpc) is 3.05. The van der Waals surface area contributed by atoms with Crippen LogP contribution in [0, 0.1) is 0 Å². The van der Waals surface area contributed by atoms with Crippen LogP contribution in [0.4, 0.5) is 11.4 Å². The summed E-state index contributed by atoms with van der Waals surface area (Å²) in [6.45, 7) is -0.137. The molecule has 0 radical (unpaired) electrons. The number of amides is 2. The van der Waals surface area contributed by atoms with Crippen LogP contribution in [0.5, 0.6) is 5.75 Å². The van der Waals surface area contributed by atoms with E-state index in [9.17, 15) is 14.4 Å². The van der Waals surface area contributed by atoms with Crippen molar-refractivity contribution in [1.82, 2.24) is 14.1 Å². The van der Waals surface area contributed by atoms with Gasteiger partial charge in [-0.15, -0.1) is 0 Å². The molecule has 2 N–H and O–H groups in total. The van der Waals surface area contributed by atoms with Gasteiger partial charge in [-0.2, -0.15) is 0 Å². The maximum Gasteiger partial charge on any atom is 0.329 e. The lowest BCUT2D eigenvalue weighted by Crippen LogP contribution is -2.28. The molecule has 0 aliphatic carbocycles. The molecule has 0 spiro atoms. The lowest BCUT2D eigenvalue weighted by molar-refractivity contribution is -0.116. The SMILES string of the molecule is COc1cc(NC(=O)Cn2c(=O)n(C)c3ccccc32)ccc1NC(=O)c1cccnc1. The number of rotatable bonds is 6. The Labute approximate surface area is 183 Å². The largest absolute Gasteiger partial charge is 0.494 e. The molecular formula is C23H21N5O4. The zero-order chi connectivity index (χ0) is 22.7. The van der Waals surface area contributed by atoms with Gasteiger partial charge in [0.2, 0.25) is 5.91 Å². The first kappa shape index (κ1) is 20.9. The van der Waals surface area contributed by atoms with Crippen LogP contribution in [-0.2, 0) is 18.4 Å². The Bertz CT molecular complexity index is 1360. The van der Waals surface area contributed by atoms with E-state index < -0.39 is 0 Å². The van der Waals surface area contributed by atoms with Crippen LogP contribution in [0.3, 0.4) is 0 Å². The van der Waals surface area contributed by atoms with Crippen LogP contribution in [0.15, 0.2) is 71.8 Å². The predicted molar refractivity (Wildman–Crippen MR) is 121 cm³/mol. The quantitative estimate of drug-likeness (QED) is 0.488. The summed E-state index contributed by atoms with van der Waals surface area (Å²) in [6, 6.07) is 15.5. The van der Waals surface area contributed by atoms with E-state index in [1.54, 1.807) is 49.6 Å². The average molecular weight is 431 g/mol. The van der Waals surface area contributed by atoms with E-state index in [1.807, 2.05) is 18.2 Å². The van der Waals surface area contributed by atoms with E-state index in [0.29, 0.717) is 28.2 Å². The molecule has 2 heterocycles. The van der Waals surface area contributed by atoms with Crippen LogP contribution in [0.25, 0.3) is 11.0 Å². The lowest BCUT2D eigenvalue weighted by Gasteiger charge is -2.13. The number of para-hydroxylation sites is 2. The summed E-state index contributed by atoms with van der Waals surface area (Å²) in [6.07, 6.45) is 3.05. The standard InChI is InChI=1S/C23H21N5O4/c1-27-18-7-3-4-8-19(18)28(23(27)31)14-21(29)25-16-9-10-17(20(12-16)32-2)26-22(30)15-6-5-11-24-13-15/h3-13H,14H2,1-2H3,(H,25,29)(H,26,30). The zero-order valence-corrected chi connectivity index (χ0v) is 17.5. The van der Waals surface area contributed by atoms with Gasteiger partial charge in [0.05, 0.1) is 29.4 Å². The van der Waals surface area contributed by atoms with Crippen LogP contribution in [0.1, 0.15) is 10.4 Å². The molecule has 2 aromatic heterocycles. The Morgan fingerprint density at radius 3 is 2.53 bits per heavy atom. The first-order valence-corrected chi connectivity index (χ1v) is 9.81. The third-order valence-electron chi connectivity index (χ3n) is 5.01. The third kappa shape index (κ3) is 4.08. The second-order valence-electron chi connectivity index (χ2n) is 7.08. The minimum Gasteiger partial charge on any atom is -0.494 e. The molecule has 0 bridgehead atoms. The van der Waals surface area contributed by atoms with E-state index in [0.717, 1.165) is 5.52 Å². The summed E-state index contributed by atoms with van der Waals surface area (Å²) in [5.41, 5.74) is 2.49. The first-order chi connectivity index (χ1) is 15.5. The number of aryl methyl sites for hydroxylation is 1. The van der Waals surface area contributed by atoms with Crippen molar-refractivity contribution in [2.24, 2.45) is 7.05 Å². The van der Waals surface area contributed by atoms with E-state index in [1.165, 1.54) is 22.4 Å². The molecule has 9 heteroatoms. The minimum absolute atomic E-state index is 0.137. The molecule has 0 unspecified atom stereocenters. The van der Waals surface area contributed by atoms with Crippen molar-refractivity contribution < 1.29 is 14.3 Å². The van der Waals surface area contributed by atoms with Gasteiger partial charge in [0.25, 0.3) is 5.91 Å². The molecule has 2 amide bonds. The molecule has 2 aromatic carbocycles. The zero-order valence-electron chi connectivity index (χ0n) is 17.5. The number of pyridine rings is 1. The molecule has 4 rings (SSSR count). The fourth-order valence-corrected chi connectivity index (χ4v) is 3.42. The summed E-state index contributed by atoms with van der Waals surface area (Å²) in [5.74, 6) is -0.316. The summed E-state index contributed by atoms with van der Waals surface area (Å²) in [7, 11) is 3.14. The maximum absolute atomic E-state index is 12.6. The van der Waals surface area contributed by atoms with Crippen molar-refractivity contribution in [3.63, 3.8) is 0 Å². The highest BCUT2D eigenvalue weighted by molar-refractivity contribution is 6.05. The number of ether oxygens (including phenoxy) is 1. The van der Waals surface area contributed by atoms with Gasteiger partial charge < -0.3 is 15.4 Å². The second kappa shape index (κ2) is 8.76. The smallest absolute Gasteiger partial charge is 0.329 e. The van der Waals surface area contributed by atoms with Crippen LogP contribution in [0.2, 0.25) is 0 Å². The Morgan fingerprint density at radius 1 is 1.03 bits per heavy atom. The lowest BCUT2D eigenvalue weighted by atomic mass is 10.2. The highest BCUT2D eigenvalue weighted by Crippen LogP contribution is 2.28. The summed E-state index contributed by atoms with van der Waals surface area (Å²) in [5, 5.41) is 5.53. The van der Waals surface area contributed by atoms with Gasteiger partial charge in [-0.25, -0.2) is 4.79 Å². The fourth-order valence-electron chi connectivity index (χ4n) is 3.42. The van der Waals surface area contributed by atoms with Gasteiger partial charge in [0.15, 0.2) is 0 Å². The van der Waals surface area contributed by atoms with Crippen LogP contribution >= 0.6 is 0 Å². The van der Waals surface area contributed by atoms with Crippen LogP contribution < -0.4 is 21.1 Å². The Hall–Kier alpha value is -4.40. The number of anilines is 2. The van der Waals surface area contributed by atoms with Gasteiger partial charge in [0, 0.05) is 31.2 Å². The number of hydrogen-bond donors (Lipinski definition) is 2. The number of benzene rings is 2.